The van der Waals surface area contributed by atoms with Crippen LogP contribution in [0.4, 0.5) is 13.2 Å². The van der Waals surface area contributed by atoms with Gasteiger partial charge in [0.15, 0.2) is 0 Å². The van der Waals surface area contributed by atoms with Gasteiger partial charge in [0.05, 0.1) is 0 Å². The maximum absolute atomic E-state index is 13.9. The quantitative estimate of drug-likeness (QED) is 0.134. The van der Waals surface area contributed by atoms with Crippen LogP contribution in [0, 0.1) is 11.8 Å². The Bertz CT molecular complexity index is 1750. The second kappa shape index (κ2) is 9.93. The van der Waals surface area contributed by atoms with Gasteiger partial charge in [-0.25, -0.2) is 0 Å². The van der Waals surface area contributed by atoms with Crippen LogP contribution in [-0.4, -0.2) is 20.6 Å². The summed E-state index contributed by atoms with van der Waals surface area (Å²) in [5.41, 5.74) is -5.26. The fourth-order valence-corrected chi connectivity index (χ4v) is 12.7. The summed E-state index contributed by atoms with van der Waals surface area (Å²) in [5, 5.41) is 1.95. The summed E-state index contributed by atoms with van der Waals surface area (Å²) < 4.78 is 74.1. The van der Waals surface area contributed by atoms with Gasteiger partial charge in [0, 0.05) is 0 Å². The van der Waals surface area contributed by atoms with Crippen molar-refractivity contribution >= 4 is 54.3 Å². The molecule has 0 amide bonds. The Morgan fingerprint density at radius 3 is 1.87 bits per heavy atom. The molecule has 3 nitrogen and oxygen atoms in total. The van der Waals surface area contributed by atoms with Crippen LogP contribution in [0.2, 0.25) is 0 Å². The molecule has 0 aliphatic rings. The fraction of sp³-hybridized carbons (Fsp3) is 0.0667. The molecule has 0 N–H and O–H groups in total. The van der Waals surface area contributed by atoms with Gasteiger partial charge in [-0.3, -0.25) is 0 Å². The zero-order valence-corrected chi connectivity index (χ0v) is 23.1. The summed E-state index contributed by atoms with van der Waals surface area (Å²) in [6.45, 7) is -3.34. The van der Waals surface area contributed by atoms with Gasteiger partial charge in [0.1, 0.15) is 0 Å². The van der Waals surface area contributed by atoms with E-state index >= 15 is 0 Å². The number of fused-ring (bicyclic) bond motifs is 1. The Labute approximate surface area is 229 Å². The number of hydrogen-bond acceptors (Lipinski definition) is 4. The maximum atomic E-state index is 13.9. The van der Waals surface area contributed by atoms with Crippen LogP contribution in [0.15, 0.2) is 115 Å². The van der Waals surface area contributed by atoms with E-state index in [1.54, 1.807) is 84.9 Å². The van der Waals surface area contributed by atoms with Gasteiger partial charge in [-0.1, -0.05) is 0 Å². The second-order valence-electron chi connectivity index (χ2n) is 9.02. The third-order valence-corrected chi connectivity index (χ3v) is 15.1. The van der Waals surface area contributed by atoms with Crippen LogP contribution in [0.5, 0.6) is 0 Å². The predicted octanol–water partition coefficient (Wildman–Crippen LogP) is 6.54. The fourth-order valence-electron chi connectivity index (χ4n) is 4.64. The Morgan fingerprint density at radius 2 is 1.28 bits per heavy atom. The van der Waals surface area contributed by atoms with Gasteiger partial charge in [-0.05, 0) is 0 Å². The van der Waals surface area contributed by atoms with Gasteiger partial charge in [-0.2, -0.15) is 0 Å². The van der Waals surface area contributed by atoms with Gasteiger partial charge in [0.2, 0.25) is 0 Å². The first-order valence-electron chi connectivity index (χ1n) is 11.8. The summed E-state index contributed by atoms with van der Waals surface area (Å²) in [4.78, 5) is 0.769. The Morgan fingerprint density at radius 1 is 0.744 bits per heavy atom. The molecule has 198 valence electrons. The Hall–Kier alpha value is -3.47. The van der Waals surface area contributed by atoms with Gasteiger partial charge < -0.3 is 0 Å². The molecule has 0 unspecified atom stereocenters. The average molecular weight is 583 g/mol. The van der Waals surface area contributed by atoms with Gasteiger partial charge in [0.25, 0.3) is 0 Å². The van der Waals surface area contributed by atoms with Crippen molar-refractivity contribution in [2.45, 2.75) is 5.51 Å². The molecule has 0 atom stereocenters. The summed E-state index contributed by atoms with van der Waals surface area (Å²) in [6.07, 6.45) is 0. The summed E-state index contributed by atoms with van der Waals surface area (Å²) >= 11 is 1.50. The van der Waals surface area contributed by atoms with E-state index < -0.39 is 22.5 Å². The summed E-state index contributed by atoms with van der Waals surface area (Å²) in [5.74, 6) is 6.26. The summed E-state index contributed by atoms with van der Waals surface area (Å²) in [6, 6.07) is 32.9. The number of alkyl halides is 3. The molecule has 5 rings (SSSR count). The topological polar surface area (TPSA) is 43.4 Å². The molecule has 9 heteroatoms. The van der Waals surface area contributed by atoms with Crippen LogP contribution in [0.25, 0.3) is 10.1 Å². The Balaban J connectivity index is 1.84. The van der Waals surface area contributed by atoms with Gasteiger partial charge >= 0.3 is 230 Å². The second-order valence-corrected chi connectivity index (χ2v) is 16.5. The molecule has 0 aliphatic carbocycles. The first-order valence-corrected chi connectivity index (χ1v) is 16.6. The minimum atomic E-state index is -6.05. The molecule has 0 fully saturated rings. The zero-order valence-electron chi connectivity index (χ0n) is 20.6. The molecule has 0 spiro atoms. The van der Waals surface area contributed by atoms with Crippen molar-refractivity contribution in [1.29, 1.82) is 0 Å². The number of hydrogen-bond donors (Lipinski definition) is 0. The van der Waals surface area contributed by atoms with Crippen molar-refractivity contribution in [3.05, 3.63) is 126 Å². The molecular weight excluding hydrogens is 560 g/mol. The molecule has 5 aromatic rings. The number of halogens is 3. The summed E-state index contributed by atoms with van der Waals surface area (Å²) in [7, 11) is -6.05. The van der Waals surface area contributed by atoms with E-state index in [1.165, 1.54) is 18.0 Å². The van der Waals surface area contributed by atoms with Crippen molar-refractivity contribution in [3.63, 3.8) is 0 Å². The normalized spacial score (nSPS) is 13.3. The molecule has 0 radical (unpaired) electrons. The van der Waals surface area contributed by atoms with E-state index in [2.05, 4.69) is 11.8 Å². The van der Waals surface area contributed by atoms with E-state index in [0.717, 1.165) is 15.0 Å². The third kappa shape index (κ3) is 4.77. The third-order valence-electron chi connectivity index (χ3n) is 6.55. The molecule has 1 heterocycles. The SMILES string of the molecule is CP(OS(=O)(=O)C(F)(F)F)(c1ccccc1)(c1ccccc1)c1ccccc1C#Cc1cc2ccccc2s1. The van der Waals surface area contributed by atoms with E-state index in [0.29, 0.717) is 16.2 Å². The van der Waals surface area contributed by atoms with Crippen molar-refractivity contribution in [2.75, 3.05) is 6.66 Å². The van der Waals surface area contributed by atoms with E-state index in [9.17, 15) is 21.6 Å². The molecule has 0 saturated heterocycles. The molecule has 4 aromatic carbocycles. The molecule has 0 saturated carbocycles. The van der Waals surface area contributed by atoms with Crippen molar-refractivity contribution < 1.29 is 25.6 Å². The first-order chi connectivity index (χ1) is 18.5. The van der Waals surface area contributed by atoms with Crippen LogP contribution in [-0.2, 0) is 14.1 Å². The molecule has 39 heavy (non-hydrogen) atoms. The van der Waals surface area contributed by atoms with E-state index in [1.807, 2.05) is 30.3 Å². The van der Waals surface area contributed by atoms with E-state index in [-0.39, 0.29) is 5.30 Å². The predicted molar refractivity (Wildman–Crippen MR) is 155 cm³/mol. The van der Waals surface area contributed by atoms with Crippen molar-refractivity contribution in [1.82, 2.24) is 0 Å². The van der Waals surface area contributed by atoms with Crippen LogP contribution in [0.3, 0.4) is 0 Å². The average Bonchev–Trinajstić information content (AvgIpc) is 3.35. The zero-order chi connectivity index (χ0) is 27.8. The molecule has 0 aliphatic heterocycles. The van der Waals surface area contributed by atoms with E-state index in [4.69, 9.17) is 3.97 Å². The molecular formula is C30H22F3O3PS2. The first kappa shape index (κ1) is 27.1. The Kier molecular flexibility index (Phi) is 6.90. The molecule has 1 aromatic heterocycles. The number of rotatable bonds is 5. The van der Waals surface area contributed by atoms with Crippen LogP contribution >= 0.6 is 18.2 Å². The number of thiophene rings is 1. The van der Waals surface area contributed by atoms with Gasteiger partial charge in [-0.15, -0.1) is 0 Å². The van der Waals surface area contributed by atoms with Crippen molar-refractivity contribution in [3.8, 4) is 11.8 Å². The standard InChI is InChI=1S/C30H22F3O3PS2/c1-37(25-14-4-2-5-15-25,26-16-6-3-7-17-26,36-39(34,35)30(31,32)33)28-18-10-8-12-23(28)20-21-27-22-24-13-9-11-19-29(24)38-27/h2-19,22H,1H3. The van der Waals surface area contributed by atoms with Crippen LogP contribution in [0.1, 0.15) is 10.4 Å². The number of benzene rings is 4. The van der Waals surface area contributed by atoms with Crippen LogP contribution < -0.4 is 15.9 Å². The minimum absolute atomic E-state index is 0.280. The van der Waals surface area contributed by atoms with Crippen molar-refractivity contribution in [2.24, 2.45) is 0 Å². The monoisotopic (exact) mass is 582 g/mol. The molecule has 0 bridgehead atoms.